The van der Waals surface area contributed by atoms with E-state index in [9.17, 15) is 13.2 Å². The fourth-order valence-electron chi connectivity index (χ4n) is 2.05. The third-order valence-electron chi connectivity index (χ3n) is 3.51. The van der Waals surface area contributed by atoms with Gasteiger partial charge in [0.05, 0.1) is 5.52 Å². The average Bonchev–Trinajstić information content (AvgIpc) is 2.65. The third-order valence-corrected chi connectivity index (χ3v) is 6.27. The van der Waals surface area contributed by atoms with Crippen LogP contribution in [-0.2, 0) is 17.4 Å². The van der Waals surface area contributed by atoms with Gasteiger partial charge in [-0.05, 0) is 34.7 Å². The lowest BCUT2D eigenvalue weighted by Crippen LogP contribution is -2.22. The molecule has 0 atom stereocenters. The van der Waals surface area contributed by atoms with Crippen LogP contribution in [0.25, 0.3) is 11.0 Å². The van der Waals surface area contributed by atoms with Crippen molar-refractivity contribution >= 4 is 41.7 Å². The molecule has 3 nitrogen and oxygen atoms in total. The number of nitrogens with zero attached hydrogens (tertiary/aromatic N) is 2. The van der Waals surface area contributed by atoms with Gasteiger partial charge in [0.25, 0.3) is 5.92 Å². The van der Waals surface area contributed by atoms with Crippen molar-refractivity contribution in [2.24, 2.45) is 0 Å². The van der Waals surface area contributed by atoms with Crippen LogP contribution in [0.3, 0.4) is 0 Å². The van der Waals surface area contributed by atoms with E-state index in [0.717, 1.165) is 19.2 Å². The summed E-state index contributed by atoms with van der Waals surface area (Å²) in [5, 5.41) is 0. The largest absolute Gasteiger partial charge is 0.361 e. The Morgan fingerprint density at radius 2 is 2.00 bits per heavy atom. The van der Waals surface area contributed by atoms with Gasteiger partial charge in [0.15, 0.2) is 5.82 Å². The van der Waals surface area contributed by atoms with E-state index < -0.39 is 19.8 Å². The fraction of sp³-hybridized carbons (Fsp3) is 0.533. The van der Waals surface area contributed by atoms with Gasteiger partial charge >= 0.3 is 0 Å². The summed E-state index contributed by atoms with van der Waals surface area (Å²) in [5.41, 5.74) is 0.192. The summed E-state index contributed by atoms with van der Waals surface area (Å²) in [6, 6.07) is 2.28. The molecule has 0 aliphatic rings. The second kappa shape index (κ2) is 6.71. The second-order valence-electron chi connectivity index (χ2n) is 6.86. The number of rotatable bonds is 6. The summed E-state index contributed by atoms with van der Waals surface area (Å²) >= 11 is 1.85. The van der Waals surface area contributed by atoms with Crippen molar-refractivity contribution in [3.05, 3.63) is 27.3 Å². The molecule has 0 saturated carbocycles. The second-order valence-corrected chi connectivity index (χ2v) is 13.5. The summed E-state index contributed by atoms with van der Waals surface area (Å²) < 4.78 is 48.7. The van der Waals surface area contributed by atoms with Crippen molar-refractivity contribution in [2.45, 2.75) is 45.3 Å². The smallest absolute Gasteiger partial charge is 0.272 e. The molecule has 0 aliphatic heterocycles. The zero-order chi connectivity index (χ0) is 17.4. The van der Waals surface area contributed by atoms with Gasteiger partial charge in [-0.2, -0.15) is 0 Å². The molecule has 0 unspecified atom stereocenters. The first-order valence-electron chi connectivity index (χ1n) is 7.30. The molecule has 0 saturated heterocycles. The van der Waals surface area contributed by atoms with E-state index in [1.54, 1.807) is 4.57 Å². The Hall–Kier alpha value is -0.613. The van der Waals surface area contributed by atoms with Gasteiger partial charge < -0.3 is 9.30 Å². The van der Waals surface area contributed by atoms with E-state index in [-0.39, 0.29) is 17.8 Å². The van der Waals surface area contributed by atoms with Crippen LogP contribution in [-0.4, -0.2) is 24.2 Å². The Morgan fingerprint density at radius 3 is 2.57 bits per heavy atom. The Labute approximate surface area is 148 Å². The van der Waals surface area contributed by atoms with E-state index in [2.05, 4.69) is 24.6 Å². The molecule has 0 N–H and O–H groups in total. The maximum atomic E-state index is 14.2. The number of halogens is 4. The quantitative estimate of drug-likeness (QED) is 0.339. The summed E-state index contributed by atoms with van der Waals surface area (Å²) in [4.78, 5) is 3.87. The van der Waals surface area contributed by atoms with Crippen molar-refractivity contribution in [2.75, 3.05) is 6.61 Å². The SMILES string of the molecule is CC(F)(F)c1cnc2c(F)c(I)n(COCC[Si](C)(C)C)c2c1. The first-order valence-corrected chi connectivity index (χ1v) is 12.1. The predicted octanol–water partition coefficient (Wildman–Crippen LogP) is 5.20. The molecule has 0 aliphatic carbocycles. The molecule has 8 heteroatoms. The topological polar surface area (TPSA) is 27.1 Å². The highest BCUT2D eigenvalue weighted by Gasteiger charge is 2.27. The molecule has 0 fully saturated rings. The van der Waals surface area contributed by atoms with E-state index in [1.165, 1.54) is 6.07 Å². The van der Waals surface area contributed by atoms with Gasteiger partial charge in [0.2, 0.25) is 0 Å². The molecule has 2 aromatic heterocycles. The number of fused-ring (bicyclic) bond motifs is 1. The van der Waals surface area contributed by atoms with E-state index >= 15 is 0 Å². The summed E-state index contributed by atoms with van der Waals surface area (Å²) in [7, 11) is -1.21. The average molecular weight is 456 g/mol. The Bertz CT molecular complexity index is 707. The maximum absolute atomic E-state index is 14.2. The van der Waals surface area contributed by atoms with Crippen molar-refractivity contribution in [1.82, 2.24) is 9.55 Å². The first kappa shape index (κ1) is 18.7. The maximum Gasteiger partial charge on any atom is 0.272 e. The Morgan fingerprint density at radius 1 is 1.35 bits per heavy atom. The third kappa shape index (κ3) is 4.47. The molecule has 0 amide bonds. The minimum atomic E-state index is -3.02. The zero-order valence-electron chi connectivity index (χ0n) is 13.6. The normalized spacial score (nSPS) is 13.0. The minimum absolute atomic E-state index is 0.0937. The van der Waals surface area contributed by atoms with Crippen molar-refractivity contribution in [3.8, 4) is 0 Å². The van der Waals surface area contributed by atoms with Crippen LogP contribution < -0.4 is 0 Å². The molecule has 2 heterocycles. The number of pyridine rings is 1. The summed E-state index contributed by atoms with van der Waals surface area (Å²) in [6.45, 7) is 8.22. The van der Waals surface area contributed by atoms with Gasteiger partial charge in [0.1, 0.15) is 15.9 Å². The highest BCUT2D eigenvalue weighted by molar-refractivity contribution is 14.1. The molecule has 0 aromatic carbocycles. The number of alkyl halides is 2. The van der Waals surface area contributed by atoms with Gasteiger partial charge in [-0.15, -0.1) is 0 Å². The molecule has 2 rings (SSSR count). The zero-order valence-corrected chi connectivity index (χ0v) is 16.7. The van der Waals surface area contributed by atoms with Crippen LogP contribution in [0.15, 0.2) is 12.3 Å². The standard InChI is InChI=1S/C15H20F3IN2OSi/c1-15(17,18)10-7-11-13(20-8-10)12(16)14(19)21(11)9-22-5-6-23(2,3)4/h7-8H,5-6,9H2,1-4H3. The number of hydrogen-bond acceptors (Lipinski definition) is 2. The number of ether oxygens (including phenoxy) is 1. The van der Waals surface area contributed by atoms with Crippen LogP contribution in [0.4, 0.5) is 13.2 Å². The Balaban J connectivity index is 2.29. The molecule has 0 spiro atoms. The highest BCUT2D eigenvalue weighted by atomic mass is 127. The minimum Gasteiger partial charge on any atom is -0.361 e. The van der Waals surface area contributed by atoms with E-state index in [0.29, 0.717) is 15.8 Å². The molecular formula is C15H20F3IN2OSi. The summed E-state index contributed by atoms with van der Waals surface area (Å²) in [5.74, 6) is -3.52. The van der Waals surface area contributed by atoms with Gasteiger partial charge in [-0.25, -0.2) is 13.2 Å². The van der Waals surface area contributed by atoms with Crippen LogP contribution >= 0.6 is 22.6 Å². The fourth-order valence-corrected chi connectivity index (χ4v) is 3.46. The summed E-state index contributed by atoms with van der Waals surface area (Å²) in [6.07, 6.45) is 1.03. The number of aromatic nitrogens is 2. The Kier molecular flexibility index (Phi) is 5.46. The molecule has 0 radical (unpaired) electrons. The molecular weight excluding hydrogens is 436 g/mol. The molecule has 23 heavy (non-hydrogen) atoms. The molecule has 2 aromatic rings. The van der Waals surface area contributed by atoms with Crippen LogP contribution in [0.2, 0.25) is 25.7 Å². The van der Waals surface area contributed by atoms with Gasteiger partial charge in [0, 0.05) is 33.4 Å². The lowest BCUT2D eigenvalue weighted by molar-refractivity contribution is 0.0172. The molecule has 0 bridgehead atoms. The van der Waals surface area contributed by atoms with E-state index in [1.807, 2.05) is 22.6 Å². The first-order chi connectivity index (χ1) is 10.5. The highest BCUT2D eigenvalue weighted by Crippen LogP contribution is 2.31. The van der Waals surface area contributed by atoms with Crippen molar-refractivity contribution in [1.29, 1.82) is 0 Å². The lowest BCUT2D eigenvalue weighted by atomic mass is 10.1. The lowest BCUT2D eigenvalue weighted by Gasteiger charge is -2.16. The van der Waals surface area contributed by atoms with Crippen molar-refractivity contribution < 1.29 is 17.9 Å². The molecule has 128 valence electrons. The van der Waals surface area contributed by atoms with Crippen LogP contribution in [0, 0.1) is 9.52 Å². The van der Waals surface area contributed by atoms with Crippen LogP contribution in [0.5, 0.6) is 0 Å². The predicted molar refractivity (Wildman–Crippen MR) is 96.1 cm³/mol. The van der Waals surface area contributed by atoms with Crippen LogP contribution in [0.1, 0.15) is 12.5 Å². The van der Waals surface area contributed by atoms with Crippen molar-refractivity contribution in [3.63, 3.8) is 0 Å². The van der Waals surface area contributed by atoms with Gasteiger partial charge in [-0.1, -0.05) is 19.6 Å². The monoisotopic (exact) mass is 456 g/mol. The van der Waals surface area contributed by atoms with E-state index in [4.69, 9.17) is 4.74 Å². The van der Waals surface area contributed by atoms with Gasteiger partial charge in [-0.3, -0.25) is 4.98 Å². The number of hydrogen-bond donors (Lipinski definition) is 0.